The Morgan fingerprint density at radius 3 is 2.79 bits per heavy atom. The summed E-state index contributed by atoms with van der Waals surface area (Å²) in [4.78, 5) is 1.96. The van der Waals surface area contributed by atoms with Crippen LogP contribution in [0.4, 0.5) is 5.13 Å². The molecule has 0 saturated carbocycles. The van der Waals surface area contributed by atoms with Crippen LogP contribution in [0.15, 0.2) is 16.5 Å². The van der Waals surface area contributed by atoms with Crippen molar-refractivity contribution in [3.63, 3.8) is 0 Å². The van der Waals surface area contributed by atoms with Gasteiger partial charge in [-0.25, -0.2) is 0 Å². The maximum atomic E-state index is 5.32. The van der Waals surface area contributed by atoms with Crippen LogP contribution in [0.1, 0.15) is 0 Å². The van der Waals surface area contributed by atoms with Crippen molar-refractivity contribution in [1.29, 1.82) is 0 Å². The van der Waals surface area contributed by atoms with Crippen LogP contribution in [0.3, 0.4) is 0 Å². The van der Waals surface area contributed by atoms with Gasteiger partial charge in [0.25, 0.3) is 0 Å². The Labute approximate surface area is 92.2 Å². The maximum absolute atomic E-state index is 5.32. The molecule has 0 spiro atoms. The fourth-order valence-electron chi connectivity index (χ4n) is 0.725. The first kappa shape index (κ1) is 11.5. The Balaban J connectivity index is 2.40. The fourth-order valence-corrected chi connectivity index (χ4v) is 2.36. The molecule has 6 heteroatoms. The zero-order valence-electron chi connectivity index (χ0n) is 8.30. The van der Waals surface area contributed by atoms with E-state index in [9.17, 15) is 0 Å². The molecule has 0 atom stereocenters. The quantitative estimate of drug-likeness (QED) is 0.608. The van der Waals surface area contributed by atoms with E-state index in [1.807, 2.05) is 31.1 Å². The summed E-state index contributed by atoms with van der Waals surface area (Å²) >= 11 is 3.28. The first-order chi connectivity index (χ1) is 6.74. The molecule has 78 valence electrons. The summed E-state index contributed by atoms with van der Waals surface area (Å²) in [5.74, 6) is 0.902. The van der Waals surface area contributed by atoms with Gasteiger partial charge >= 0.3 is 0 Å². The van der Waals surface area contributed by atoms with Crippen molar-refractivity contribution in [3.8, 4) is 0 Å². The predicted octanol–water partition coefficient (Wildman–Crippen LogP) is 1.21. The van der Waals surface area contributed by atoms with Crippen LogP contribution >= 0.6 is 23.1 Å². The molecule has 1 heterocycles. The van der Waals surface area contributed by atoms with Crippen LogP contribution in [0, 0.1) is 0 Å². The topological polar surface area (TPSA) is 55.0 Å². The van der Waals surface area contributed by atoms with Crippen LogP contribution < -0.4 is 10.6 Å². The molecule has 0 radical (unpaired) electrons. The minimum atomic E-state index is 0.597. The van der Waals surface area contributed by atoms with E-state index in [0.717, 1.165) is 15.2 Å². The van der Waals surface area contributed by atoms with E-state index in [4.69, 9.17) is 5.73 Å². The molecule has 1 aromatic rings. The van der Waals surface area contributed by atoms with Gasteiger partial charge in [-0.15, -0.1) is 10.2 Å². The lowest BCUT2D eigenvalue weighted by Gasteiger charge is -2.03. The monoisotopic (exact) mass is 230 g/mol. The number of nitrogens with zero attached hydrogens (tertiary/aromatic N) is 3. The van der Waals surface area contributed by atoms with Crippen LogP contribution in [0.5, 0.6) is 0 Å². The highest BCUT2D eigenvalue weighted by molar-refractivity contribution is 8.01. The van der Waals surface area contributed by atoms with Crippen molar-refractivity contribution in [2.24, 2.45) is 5.73 Å². The minimum absolute atomic E-state index is 0.597. The zero-order chi connectivity index (χ0) is 10.4. The molecule has 2 N–H and O–H groups in total. The second-order valence-electron chi connectivity index (χ2n) is 2.76. The number of anilines is 1. The fraction of sp³-hybridized carbons (Fsp3) is 0.500. The van der Waals surface area contributed by atoms with Crippen LogP contribution in [0.25, 0.3) is 0 Å². The molecule has 1 aromatic heterocycles. The summed E-state index contributed by atoms with van der Waals surface area (Å²) < 4.78 is 0.996. The molecule has 0 aliphatic heterocycles. The molecule has 1 rings (SSSR count). The van der Waals surface area contributed by atoms with E-state index >= 15 is 0 Å². The van der Waals surface area contributed by atoms with Gasteiger partial charge in [0.1, 0.15) is 0 Å². The number of nitrogens with two attached hydrogens (primary N) is 1. The van der Waals surface area contributed by atoms with Crippen molar-refractivity contribution in [1.82, 2.24) is 10.2 Å². The average Bonchev–Trinajstić information content (AvgIpc) is 2.61. The molecule has 0 unspecified atom stereocenters. The van der Waals surface area contributed by atoms with Gasteiger partial charge in [0.15, 0.2) is 4.34 Å². The summed E-state index contributed by atoms with van der Waals surface area (Å²) in [6, 6.07) is 0. The number of rotatable bonds is 5. The van der Waals surface area contributed by atoms with Gasteiger partial charge in [-0.3, -0.25) is 0 Å². The third-order valence-corrected chi connectivity index (χ3v) is 3.56. The first-order valence-corrected chi connectivity index (χ1v) is 6.03. The molecule has 4 nitrogen and oxygen atoms in total. The standard InChI is InChI=1S/C8H14N4S2/c1-12(2)7-10-11-8(14-7)13-6-4-3-5-9/h3-4H,5-6,9H2,1-2H3. The second kappa shape index (κ2) is 6.00. The van der Waals surface area contributed by atoms with Gasteiger partial charge in [-0.2, -0.15) is 0 Å². The molecule has 0 aliphatic rings. The molecular weight excluding hydrogens is 216 g/mol. The molecule has 14 heavy (non-hydrogen) atoms. The van der Waals surface area contributed by atoms with Crippen LogP contribution in [-0.2, 0) is 0 Å². The molecule has 0 fully saturated rings. The molecule has 0 aliphatic carbocycles. The smallest absolute Gasteiger partial charge is 0.208 e. The van der Waals surface area contributed by atoms with Gasteiger partial charge in [0.2, 0.25) is 5.13 Å². The Kier molecular flexibility index (Phi) is 4.92. The highest BCUT2D eigenvalue weighted by atomic mass is 32.2. The highest BCUT2D eigenvalue weighted by Crippen LogP contribution is 2.26. The van der Waals surface area contributed by atoms with Gasteiger partial charge in [0, 0.05) is 26.4 Å². The highest BCUT2D eigenvalue weighted by Gasteiger charge is 2.04. The Morgan fingerprint density at radius 1 is 1.43 bits per heavy atom. The molecule has 0 aromatic carbocycles. The Morgan fingerprint density at radius 2 is 2.21 bits per heavy atom. The van der Waals surface area contributed by atoms with E-state index in [0.29, 0.717) is 6.54 Å². The van der Waals surface area contributed by atoms with Gasteiger partial charge in [-0.1, -0.05) is 35.3 Å². The summed E-state index contributed by atoms with van der Waals surface area (Å²) in [7, 11) is 3.92. The van der Waals surface area contributed by atoms with Crippen molar-refractivity contribution < 1.29 is 0 Å². The summed E-state index contributed by atoms with van der Waals surface area (Å²) in [6.07, 6.45) is 3.99. The first-order valence-electron chi connectivity index (χ1n) is 4.22. The molecule has 0 bridgehead atoms. The van der Waals surface area contributed by atoms with Crippen LogP contribution in [0.2, 0.25) is 0 Å². The van der Waals surface area contributed by atoms with E-state index in [-0.39, 0.29) is 0 Å². The van der Waals surface area contributed by atoms with Crippen molar-refractivity contribution >= 4 is 28.2 Å². The molecular formula is C8H14N4S2. The number of thioether (sulfide) groups is 1. The average molecular weight is 230 g/mol. The maximum Gasteiger partial charge on any atom is 0.208 e. The van der Waals surface area contributed by atoms with Crippen molar-refractivity contribution in [2.45, 2.75) is 4.34 Å². The molecule has 0 saturated heterocycles. The zero-order valence-corrected chi connectivity index (χ0v) is 9.94. The van der Waals surface area contributed by atoms with E-state index in [2.05, 4.69) is 10.2 Å². The van der Waals surface area contributed by atoms with Crippen molar-refractivity contribution in [3.05, 3.63) is 12.2 Å². The lowest BCUT2D eigenvalue weighted by molar-refractivity contribution is 0.973. The lowest BCUT2D eigenvalue weighted by Crippen LogP contribution is -2.07. The van der Waals surface area contributed by atoms with Crippen molar-refractivity contribution in [2.75, 3.05) is 31.3 Å². The summed E-state index contributed by atoms with van der Waals surface area (Å²) in [6.45, 7) is 0.597. The lowest BCUT2D eigenvalue weighted by atomic mass is 10.5. The third-order valence-electron chi connectivity index (χ3n) is 1.38. The third kappa shape index (κ3) is 3.65. The predicted molar refractivity (Wildman–Crippen MR) is 63.2 cm³/mol. The normalized spacial score (nSPS) is 11.1. The van der Waals surface area contributed by atoms with E-state index in [1.54, 1.807) is 23.1 Å². The summed E-state index contributed by atoms with van der Waals surface area (Å²) in [5, 5.41) is 9.04. The van der Waals surface area contributed by atoms with Crippen LogP contribution in [-0.4, -0.2) is 36.6 Å². The Hall–Kier alpha value is -0.590. The Bertz CT molecular complexity index is 295. The van der Waals surface area contributed by atoms with Gasteiger partial charge in [0.05, 0.1) is 0 Å². The molecule has 0 amide bonds. The van der Waals surface area contributed by atoms with E-state index < -0.39 is 0 Å². The SMILES string of the molecule is CN(C)c1nnc(SCC=CCN)s1. The van der Waals surface area contributed by atoms with E-state index in [1.165, 1.54) is 0 Å². The van der Waals surface area contributed by atoms with Gasteiger partial charge in [-0.05, 0) is 0 Å². The number of aromatic nitrogens is 2. The summed E-state index contributed by atoms with van der Waals surface area (Å²) in [5.41, 5.74) is 5.32. The number of hydrogen-bond acceptors (Lipinski definition) is 6. The largest absolute Gasteiger partial charge is 0.353 e. The van der Waals surface area contributed by atoms with Gasteiger partial charge < -0.3 is 10.6 Å². The minimum Gasteiger partial charge on any atom is -0.353 e. The second-order valence-corrected chi connectivity index (χ2v) is 4.99. The number of hydrogen-bond donors (Lipinski definition) is 1.